The smallest absolute Gasteiger partial charge is 0.300 e. The van der Waals surface area contributed by atoms with E-state index in [-0.39, 0.29) is 21.9 Å². The molecule has 1 aliphatic heterocycles. The van der Waals surface area contributed by atoms with Crippen molar-refractivity contribution in [3.05, 3.63) is 94.2 Å². The number of aliphatic hydroxyl groups excluding tert-OH is 1. The number of aromatic nitrogens is 1. The zero-order chi connectivity index (χ0) is 23.0. The number of hydrogen-bond donors (Lipinski definition) is 2. The highest BCUT2D eigenvalue weighted by Crippen LogP contribution is 2.42. The maximum Gasteiger partial charge on any atom is 0.300 e. The number of Topliss-reactive ketones (excluding diaryl/α,β-unsaturated/α-hetero) is 1. The van der Waals surface area contributed by atoms with Gasteiger partial charge in [0.1, 0.15) is 5.76 Å². The van der Waals surface area contributed by atoms with Crippen molar-refractivity contribution in [3.63, 3.8) is 0 Å². The van der Waals surface area contributed by atoms with Crippen molar-refractivity contribution in [2.75, 3.05) is 4.90 Å². The second-order valence-corrected chi connectivity index (χ2v) is 9.47. The number of ketones is 1. The molecule has 0 aliphatic carbocycles. The van der Waals surface area contributed by atoms with Gasteiger partial charge in [0, 0.05) is 28.1 Å². The number of halogens is 1. The largest absolute Gasteiger partial charge is 0.507 e. The third-order valence-corrected chi connectivity index (χ3v) is 6.49. The van der Waals surface area contributed by atoms with Crippen molar-refractivity contribution in [1.29, 1.82) is 0 Å². The maximum atomic E-state index is 13.0. The Morgan fingerprint density at radius 2 is 1.56 bits per heavy atom. The van der Waals surface area contributed by atoms with Crippen LogP contribution < -0.4 is 10.0 Å². The average molecular weight is 514 g/mol. The summed E-state index contributed by atoms with van der Waals surface area (Å²) in [6, 6.07) is 14.3. The quantitative estimate of drug-likeness (QED) is 0.313. The van der Waals surface area contributed by atoms with Crippen LogP contribution in [0, 0.1) is 0 Å². The number of sulfonamides is 1. The normalized spacial score (nSPS) is 18.2. The number of pyridine rings is 1. The fourth-order valence-corrected chi connectivity index (χ4v) is 4.30. The summed E-state index contributed by atoms with van der Waals surface area (Å²) in [5.74, 6) is -2.03. The van der Waals surface area contributed by atoms with Crippen LogP contribution in [0.3, 0.4) is 0 Å². The van der Waals surface area contributed by atoms with Crippen LogP contribution in [0.1, 0.15) is 17.2 Å². The van der Waals surface area contributed by atoms with Gasteiger partial charge in [-0.2, -0.15) is 0 Å². The molecule has 4 rings (SSSR count). The lowest BCUT2D eigenvalue weighted by molar-refractivity contribution is -0.132. The molecule has 0 bridgehead atoms. The minimum atomic E-state index is -3.93. The molecule has 1 aromatic heterocycles. The summed E-state index contributed by atoms with van der Waals surface area (Å²) in [6.45, 7) is 0. The number of anilines is 1. The number of primary sulfonamides is 1. The Balaban J connectivity index is 1.90. The number of nitrogens with zero attached hydrogens (tertiary/aromatic N) is 2. The molecule has 1 aliphatic rings. The van der Waals surface area contributed by atoms with E-state index in [0.717, 1.165) is 4.47 Å². The fraction of sp³-hybridized carbons (Fsp3) is 0.0455. The summed E-state index contributed by atoms with van der Waals surface area (Å²) in [4.78, 5) is 31.1. The Hall–Kier alpha value is -3.34. The van der Waals surface area contributed by atoms with E-state index in [2.05, 4.69) is 20.9 Å². The van der Waals surface area contributed by atoms with Crippen LogP contribution in [0.15, 0.2) is 88.0 Å². The predicted octanol–water partition coefficient (Wildman–Crippen LogP) is 3.12. The van der Waals surface area contributed by atoms with E-state index in [1.807, 2.05) is 0 Å². The molecule has 1 saturated heterocycles. The molecule has 3 aromatic rings. The van der Waals surface area contributed by atoms with Gasteiger partial charge in [0.05, 0.1) is 16.5 Å². The number of nitrogens with two attached hydrogens (primary N) is 1. The van der Waals surface area contributed by atoms with Gasteiger partial charge >= 0.3 is 0 Å². The van der Waals surface area contributed by atoms with E-state index in [0.29, 0.717) is 11.1 Å². The number of hydrogen-bond acceptors (Lipinski definition) is 6. The summed E-state index contributed by atoms with van der Waals surface area (Å²) >= 11 is 3.32. The standard InChI is InChI=1S/C22H16BrN3O5S/c23-15-3-1-14(2-4-15)20(27)18-19(13-9-11-25-12-10-13)26(22(29)21(18)28)16-5-7-17(8-6-16)32(24,30)31/h1-12,19,27H,(H2,24,30,31)/b20-18+. The van der Waals surface area contributed by atoms with Gasteiger partial charge in [-0.1, -0.05) is 28.1 Å². The highest BCUT2D eigenvalue weighted by atomic mass is 79.9. The third-order valence-electron chi connectivity index (χ3n) is 5.03. The highest BCUT2D eigenvalue weighted by molar-refractivity contribution is 9.10. The number of rotatable bonds is 4. The van der Waals surface area contributed by atoms with Crippen LogP contribution in [0.25, 0.3) is 5.76 Å². The van der Waals surface area contributed by atoms with Gasteiger partial charge in [-0.05, 0) is 54.1 Å². The number of amides is 1. The van der Waals surface area contributed by atoms with Crippen molar-refractivity contribution in [2.45, 2.75) is 10.9 Å². The number of aliphatic hydroxyl groups is 1. The van der Waals surface area contributed by atoms with Gasteiger partial charge in [0.2, 0.25) is 10.0 Å². The van der Waals surface area contributed by atoms with E-state index < -0.39 is 27.8 Å². The molecule has 0 radical (unpaired) electrons. The maximum absolute atomic E-state index is 13.0. The summed E-state index contributed by atoms with van der Waals surface area (Å²) in [7, 11) is -3.93. The zero-order valence-corrected chi connectivity index (χ0v) is 18.7. The fourth-order valence-electron chi connectivity index (χ4n) is 3.52. The minimum Gasteiger partial charge on any atom is -0.507 e. The van der Waals surface area contributed by atoms with Crippen molar-refractivity contribution < 1.29 is 23.1 Å². The first-order valence-corrected chi connectivity index (χ1v) is 11.6. The molecule has 10 heteroatoms. The Morgan fingerprint density at radius 1 is 0.969 bits per heavy atom. The summed E-state index contributed by atoms with van der Waals surface area (Å²) in [5.41, 5.74) is 1.11. The van der Waals surface area contributed by atoms with Crippen molar-refractivity contribution in [1.82, 2.24) is 4.98 Å². The van der Waals surface area contributed by atoms with E-state index in [1.165, 1.54) is 41.6 Å². The lowest BCUT2D eigenvalue weighted by atomic mass is 9.96. The Labute approximate surface area is 192 Å². The first-order valence-electron chi connectivity index (χ1n) is 9.28. The van der Waals surface area contributed by atoms with Crippen LogP contribution in [-0.4, -0.2) is 30.2 Å². The third kappa shape index (κ3) is 3.95. The molecule has 32 heavy (non-hydrogen) atoms. The predicted molar refractivity (Wildman–Crippen MR) is 121 cm³/mol. The molecule has 8 nitrogen and oxygen atoms in total. The van der Waals surface area contributed by atoms with Crippen LogP contribution in [0.4, 0.5) is 5.69 Å². The molecular formula is C22H16BrN3O5S. The van der Waals surface area contributed by atoms with E-state index in [4.69, 9.17) is 5.14 Å². The lowest BCUT2D eigenvalue weighted by Crippen LogP contribution is -2.29. The molecule has 1 unspecified atom stereocenters. The van der Waals surface area contributed by atoms with Gasteiger partial charge in [-0.3, -0.25) is 19.5 Å². The van der Waals surface area contributed by atoms with Gasteiger partial charge in [-0.25, -0.2) is 13.6 Å². The summed E-state index contributed by atoms with van der Waals surface area (Å²) in [5, 5.41) is 16.2. The SMILES string of the molecule is NS(=O)(=O)c1ccc(N2C(=O)C(=O)/C(=C(/O)c3ccc(Br)cc3)C2c2ccncc2)cc1. The Kier molecular flexibility index (Phi) is 5.68. The van der Waals surface area contributed by atoms with Crippen molar-refractivity contribution >= 4 is 49.1 Å². The molecule has 0 spiro atoms. The van der Waals surface area contributed by atoms with E-state index in [9.17, 15) is 23.1 Å². The van der Waals surface area contributed by atoms with Crippen LogP contribution in [0.2, 0.25) is 0 Å². The van der Waals surface area contributed by atoms with Gasteiger partial charge in [-0.15, -0.1) is 0 Å². The second-order valence-electron chi connectivity index (χ2n) is 7.00. The molecule has 0 saturated carbocycles. The molecule has 1 amide bonds. The second kappa shape index (κ2) is 8.30. The van der Waals surface area contributed by atoms with Crippen molar-refractivity contribution in [3.8, 4) is 0 Å². The van der Waals surface area contributed by atoms with Gasteiger partial charge < -0.3 is 5.11 Å². The van der Waals surface area contributed by atoms with Crippen molar-refractivity contribution in [2.24, 2.45) is 5.14 Å². The molecule has 3 N–H and O–H groups in total. The topological polar surface area (TPSA) is 131 Å². The van der Waals surface area contributed by atoms with E-state index >= 15 is 0 Å². The molecule has 1 fully saturated rings. The number of carbonyl (C=O) groups is 2. The molecule has 2 heterocycles. The average Bonchev–Trinajstić information content (AvgIpc) is 3.04. The van der Waals surface area contributed by atoms with Crippen LogP contribution in [-0.2, 0) is 19.6 Å². The molecule has 162 valence electrons. The molecule has 2 aromatic carbocycles. The van der Waals surface area contributed by atoms with Crippen LogP contribution in [0.5, 0.6) is 0 Å². The first-order chi connectivity index (χ1) is 15.2. The zero-order valence-electron chi connectivity index (χ0n) is 16.3. The van der Waals surface area contributed by atoms with Crippen LogP contribution >= 0.6 is 15.9 Å². The number of carbonyl (C=O) groups excluding carboxylic acids is 2. The van der Waals surface area contributed by atoms with E-state index in [1.54, 1.807) is 36.4 Å². The Bertz CT molecular complexity index is 1340. The number of benzene rings is 2. The molecular weight excluding hydrogens is 498 g/mol. The highest BCUT2D eigenvalue weighted by Gasteiger charge is 2.47. The Morgan fingerprint density at radius 3 is 2.12 bits per heavy atom. The van der Waals surface area contributed by atoms with Gasteiger partial charge in [0.25, 0.3) is 11.7 Å². The summed E-state index contributed by atoms with van der Waals surface area (Å²) in [6.07, 6.45) is 3.03. The summed E-state index contributed by atoms with van der Waals surface area (Å²) < 4.78 is 24.0. The van der Waals surface area contributed by atoms with Gasteiger partial charge in [0.15, 0.2) is 0 Å². The molecule has 1 atom stereocenters. The minimum absolute atomic E-state index is 0.0842. The monoisotopic (exact) mass is 513 g/mol. The lowest BCUT2D eigenvalue weighted by Gasteiger charge is -2.25. The first kappa shape index (κ1) is 21.9.